The third-order valence-corrected chi connectivity index (χ3v) is 3.79. The molecule has 0 aliphatic heterocycles. The third kappa shape index (κ3) is 3.02. The van der Waals surface area contributed by atoms with E-state index < -0.39 is 5.97 Å². The second kappa shape index (κ2) is 6.59. The molecule has 3 aromatic rings. The molecule has 0 unspecified atom stereocenters. The Balaban J connectivity index is 2.07. The van der Waals surface area contributed by atoms with Gasteiger partial charge in [-0.05, 0) is 24.7 Å². The van der Waals surface area contributed by atoms with E-state index in [2.05, 4.69) is 15.3 Å². The molecule has 3 rings (SSSR count). The maximum absolute atomic E-state index is 11.2. The van der Waals surface area contributed by atoms with Gasteiger partial charge in [0.2, 0.25) is 4.77 Å². The van der Waals surface area contributed by atoms with Gasteiger partial charge in [0, 0.05) is 16.7 Å². The van der Waals surface area contributed by atoms with E-state index in [-0.39, 0.29) is 5.56 Å². The van der Waals surface area contributed by atoms with Crippen LogP contribution in [0.5, 0.6) is 0 Å². The molecule has 0 bridgehead atoms. The van der Waals surface area contributed by atoms with Crippen LogP contribution in [0.15, 0.2) is 53.6 Å². The van der Waals surface area contributed by atoms with Crippen molar-refractivity contribution in [2.75, 3.05) is 0 Å². The SMILES string of the molecule is Cc1ccccc1-c1n[nH]c(=S)n1/N=C\c1ccccc1C(=O)[O-]. The first-order chi connectivity index (χ1) is 11.6. The molecular formula is C17H13N4O2S-. The summed E-state index contributed by atoms with van der Waals surface area (Å²) < 4.78 is 1.78. The highest BCUT2D eigenvalue weighted by Crippen LogP contribution is 2.21. The fourth-order valence-corrected chi connectivity index (χ4v) is 2.49. The summed E-state index contributed by atoms with van der Waals surface area (Å²) in [5.74, 6) is -0.702. The number of carbonyl (C=O) groups is 1. The van der Waals surface area contributed by atoms with E-state index in [0.717, 1.165) is 11.1 Å². The number of aromatic nitrogens is 3. The number of hydrogen-bond acceptors (Lipinski definition) is 5. The summed E-state index contributed by atoms with van der Waals surface area (Å²) in [4.78, 5) is 11.2. The Labute approximate surface area is 143 Å². The minimum absolute atomic E-state index is 0.0636. The van der Waals surface area contributed by atoms with Crippen LogP contribution in [0.1, 0.15) is 21.5 Å². The number of nitrogens with one attached hydrogen (secondary N) is 1. The van der Waals surface area contributed by atoms with E-state index in [1.807, 2.05) is 31.2 Å². The van der Waals surface area contributed by atoms with Crippen molar-refractivity contribution in [2.24, 2.45) is 5.10 Å². The molecule has 6 nitrogen and oxygen atoms in total. The number of hydrogen-bond donors (Lipinski definition) is 1. The molecule has 24 heavy (non-hydrogen) atoms. The van der Waals surface area contributed by atoms with Gasteiger partial charge in [-0.15, -0.1) is 0 Å². The van der Waals surface area contributed by atoms with E-state index in [4.69, 9.17) is 12.2 Å². The van der Waals surface area contributed by atoms with E-state index in [9.17, 15) is 9.90 Å². The zero-order chi connectivity index (χ0) is 17.1. The third-order valence-electron chi connectivity index (χ3n) is 3.53. The normalized spacial score (nSPS) is 11.0. The highest BCUT2D eigenvalue weighted by atomic mass is 32.1. The van der Waals surface area contributed by atoms with Crippen LogP contribution in [-0.2, 0) is 0 Å². The molecule has 0 radical (unpaired) electrons. The Bertz CT molecular complexity index is 988. The molecule has 1 N–H and O–H groups in total. The van der Waals surface area contributed by atoms with Crippen molar-refractivity contribution in [3.63, 3.8) is 0 Å². The number of aryl methyl sites for hydroxylation is 1. The van der Waals surface area contributed by atoms with Gasteiger partial charge in [0.05, 0.1) is 12.2 Å². The number of carboxylic acid groups (broad SMARTS) is 1. The molecule has 2 aromatic carbocycles. The predicted octanol–water partition coefficient (Wildman–Crippen LogP) is 2.16. The van der Waals surface area contributed by atoms with Crippen molar-refractivity contribution in [3.8, 4) is 11.4 Å². The van der Waals surface area contributed by atoms with Crippen LogP contribution in [0.2, 0.25) is 0 Å². The molecule has 120 valence electrons. The van der Waals surface area contributed by atoms with Gasteiger partial charge in [-0.25, -0.2) is 5.10 Å². The van der Waals surface area contributed by atoms with E-state index in [1.165, 1.54) is 17.0 Å². The van der Waals surface area contributed by atoms with E-state index >= 15 is 0 Å². The second-order valence-corrected chi connectivity index (χ2v) is 5.49. The summed E-state index contributed by atoms with van der Waals surface area (Å²) in [5.41, 5.74) is 2.40. The van der Waals surface area contributed by atoms with Crippen molar-refractivity contribution in [1.82, 2.24) is 14.9 Å². The molecule has 1 heterocycles. The van der Waals surface area contributed by atoms with Crippen molar-refractivity contribution < 1.29 is 9.90 Å². The number of H-pyrrole nitrogens is 1. The van der Waals surface area contributed by atoms with Crippen LogP contribution >= 0.6 is 12.2 Å². The average Bonchev–Trinajstić information content (AvgIpc) is 2.94. The smallest absolute Gasteiger partial charge is 0.216 e. The van der Waals surface area contributed by atoms with Gasteiger partial charge in [-0.2, -0.15) is 14.9 Å². The Hall–Kier alpha value is -3.06. The Morgan fingerprint density at radius 2 is 1.96 bits per heavy atom. The van der Waals surface area contributed by atoms with Gasteiger partial charge in [-0.3, -0.25) is 0 Å². The van der Waals surface area contributed by atoms with Gasteiger partial charge in [0.1, 0.15) is 0 Å². The number of aromatic carboxylic acids is 1. The van der Waals surface area contributed by atoms with Gasteiger partial charge in [0.25, 0.3) is 0 Å². The zero-order valence-electron chi connectivity index (χ0n) is 12.8. The maximum Gasteiger partial charge on any atom is 0.216 e. The quantitative estimate of drug-likeness (QED) is 0.584. The van der Waals surface area contributed by atoms with Crippen LogP contribution < -0.4 is 5.11 Å². The number of carbonyl (C=O) groups excluding carboxylic acids is 1. The van der Waals surface area contributed by atoms with Gasteiger partial charge in [-0.1, -0.05) is 48.5 Å². The van der Waals surface area contributed by atoms with Crippen LogP contribution in [0, 0.1) is 11.7 Å². The summed E-state index contributed by atoms with van der Waals surface area (Å²) in [5, 5.41) is 22.4. The van der Waals surface area contributed by atoms with Crippen LogP contribution in [-0.4, -0.2) is 27.1 Å². The largest absolute Gasteiger partial charge is 0.545 e. The molecule has 0 fully saturated rings. The lowest BCUT2D eigenvalue weighted by Crippen LogP contribution is -2.23. The summed E-state index contributed by atoms with van der Waals surface area (Å²) >= 11 is 5.22. The van der Waals surface area contributed by atoms with Crippen molar-refractivity contribution in [3.05, 3.63) is 70.0 Å². The lowest BCUT2D eigenvalue weighted by Gasteiger charge is -2.07. The van der Waals surface area contributed by atoms with E-state index in [0.29, 0.717) is 16.2 Å². The number of rotatable bonds is 4. The predicted molar refractivity (Wildman–Crippen MR) is 91.3 cm³/mol. The number of nitrogens with zero attached hydrogens (tertiary/aromatic N) is 3. The number of aromatic amines is 1. The average molecular weight is 337 g/mol. The Morgan fingerprint density at radius 1 is 1.25 bits per heavy atom. The van der Waals surface area contributed by atoms with Crippen LogP contribution in [0.3, 0.4) is 0 Å². The highest BCUT2D eigenvalue weighted by Gasteiger charge is 2.10. The maximum atomic E-state index is 11.2. The van der Waals surface area contributed by atoms with Gasteiger partial charge < -0.3 is 9.90 Å². The fourth-order valence-electron chi connectivity index (χ4n) is 2.31. The molecule has 7 heteroatoms. The lowest BCUT2D eigenvalue weighted by atomic mass is 10.1. The molecule has 0 saturated carbocycles. The molecular weight excluding hydrogens is 324 g/mol. The van der Waals surface area contributed by atoms with Crippen molar-refractivity contribution >= 4 is 24.4 Å². The van der Waals surface area contributed by atoms with Crippen molar-refractivity contribution in [1.29, 1.82) is 0 Å². The van der Waals surface area contributed by atoms with Crippen LogP contribution in [0.4, 0.5) is 0 Å². The first kappa shape index (κ1) is 15.8. The van der Waals surface area contributed by atoms with Crippen LogP contribution in [0.25, 0.3) is 11.4 Å². The monoisotopic (exact) mass is 337 g/mol. The summed E-state index contributed by atoms with van der Waals surface area (Å²) in [6.45, 7) is 1.96. The first-order valence-corrected chi connectivity index (χ1v) is 7.57. The summed E-state index contributed by atoms with van der Waals surface area (Å²) in [6, 6.07) is 14.2. The molecule has 0 atom stereocenters. The standard InChI is InChI=1S/C17H14N4O2S/c1-11-6-2-4-8-13(11)15-19-20-17(24)21(15)18-10-12-7-3-5-9-14(12)16(22)23/h2-10H,1H3,(H,20,24)(H,22,23)/p-1/b18-10-. The first-order valence-electron chi connectivity index (χ1n) is 7.16. The number of benzene rings is 2. The molecule has 0 aliphatic carbocycles. The van der Waals surface area contributed by atoms with Gasteiger partial charge in [0.15, 0.2) is 5.82 Å². The lowest BCUT2D eigenvalue weighted by molar-refractivity contribution is -0.255. The molecule has 0 aliphatic rings. The summed E-state index contributed by atoms with van der Waals surface area (Å²) in [7, 11) is 0. The number of carboxylic acids is 1. The Morgan fingerprint density at radius 3 is 2.71 bits per heavy atom. The zero-order valence-corrected chi connectivity index (χ0v) is 13.6. The molecule has 1 aromatic heterocycles. The minimum atomic E-state index is -1.26. The van der Waals surface area contributed by atoms with Gasteiger partial charge >= 0.3 is 0 Å². The van der Waals surface area contributed by atoms with E-state index in [1.54, 1.807) is 18.2 Å². The topological polar surface area (TPSA) is 86.1 Å². The molecule has 0 saturated heterocycles. The fraction of sp³-hybridized carbons (Fsp3) is 0.0588. The minimum Gasteiger partial charge on any atom is -0.545 e. The molecule has 0 amide bonds. The summed E-state index contributed by atoms with van der Waals surface area (Å²) in [6.07, 6.45) is 1.43. The Kier molecular flexibility index (Phi) is 4.35. The molecule has 0 spiro atoms. The van der Waals surface area contributed by atoms with Crippen molar-refractivity contribution in [2.45, 2.75) is 6.92 Å². The highest BCUT2D eigenvalue weighted by molar-refractivity contribution is 7.71. The second-order valence-electron chi connectivity index (χ2n) is 5.10.